The minimum atomic E-state index is 0.252. The first kappa shape index (κ1) is 17.5. The molecule has 0 aliphatic heterocycles. The van der Waals surface area contributed by atoms with E-state index in [2.05, 4.69) is 65.8 Å². The summed E-state index contributed by atoms with van der Waals surface area (Å²) in [5, 5.41) is 3.41. The van der Waals surface area contributed by atoms with Gasteiger partial charge in [-0.25, -0.2) is 0 Å². The molecule has 0 saturated heterocycles. The third-order valence-electron chi connectivity index (χ3n) is 2.66. The van der Waals surface area contributed by atoms with E-state index in [1.165, 1.54) is 25.1 Å². The summed E-state index contributed by atoms with van der Waals surface area (Å²) in [4.78, 5) is 2.62. The molecule has 0 aliphatic carbocycles. The minimum absolute atomic E-state index is 0.252. The molecule has 1 atom stereocenters. The Balaban J connectivity index is 3.75. The molecular weight excluding hydrogens is 288 g/mol. The van der Waals surface area contributed by atoms with Crippen molar-refractivity contribution in [3.8, 4) is 0 Å². The number of allylic oxidation sites excluding steroid dienone is 5. The summed E-state index contributed by atoms with van der Waals surface area (Å²) in [5.74, 6) is 0. The van der Waals surface area contributed by atoms with Crippen molar-refractivity contribution in [3.05, 3.63) is 36.6 Å². The molecule has 0 aliphatic rings. The molecule has 0 saturated carbocycles. The number of hydrogen-bond acceptors (Lipinski definition) is 2. The average Bonchev–Trinajstić information content (AvgIpc) is 2.36. The Morgan fingerprint density at radius 1 is 1.44 bits per heavy atom. The van der Waals surface area contributed by atoms with E-state index in [0.717, 1.165) is 13.1 Å². The predicted molar refractivity (Wildman–Crippen MR) is 86.2 cm³/mol. The SMILES string of the molecule is C=CC(Br)C=C/C=C(\C)NCCN(C)CCCC. The van der Waals surface area contributed by atoms with E-state index in [4.69, 9.17) is 0 Å². The first-order valence-corrected chi connectivity index (χ1v) is 7.55. The van der Waals surface area contributed by atoms with Crippen molar-refractivity contribution in [1.82, 2.24) is 10.2 Å². The van der Waals surface area contributed by atoms with E-state index in [-0.39, 0.29) is 4.83 Å². The molecule has 104 valence electrons. The Morgan fingerprint density at radius 3 is 2.78 bits per heavy atom. The first-order chi connectivity index (χ1) is 8.60. The summed E-state index contributed by atoms with van der Waals surface area (Å²) >= 11 is 3.46. The molecule has 1 N–H and O–H groups in total. The van der Waals surface area contributed by atoms with Crippen molar-refractivity contribution in [3.63, 3.8) is 0 Å². The molecular formula is C15H27BrN2. The summed E-state index contributed by atoms with van der Waals surface area (Å²) in [6.45, 7) is 11.3. The van der Waals surface area contributed by atoms with Crippen LogP contribution in [0.2, 0.25) is 0 Å². The van der Waals surface area contributed by atoms with Crippen LogP contribution < -0.4 is 5.32 Å². The Labute approximate surface area is 121 Å². The van der Waals surface area contributed by atoms with Crippen molar-refractivity contribution >= 4 is 15.9 Å². The van der Waals surface area contributed by atoms with Crippen LogP contribution in [0, 0.1) is 0 Å². The predicted octanol–water partition coefficient (Wildman–Crippen LogP) is 3.72. The minimum Gasteiger partial charge on any atom is -0.387 e. The molecule has 0 amide bonds. The van der Waals surface area contributed by atoms with Crippen LogP contribution in [0.3, 0.4) is 0 Å². The van der Waals surface area contributed by atoms with Gasteiger partial charge < -0.3 is 10.2 Å². The van der Waals surface area contributed by atoms with Crippen LogP contribution in [-0.4, -0.2) is 36.4 Å². The third-order valence-corrected chi connectivity index (χ3v) is 3.34. The number of hydrogen-bond donors (Lipinski definition) is 1. The average molecular weight is 315 g/mol. The second kappa shape index (κ2) is 11.5. The van der Waals surface area contributed by atoms with Crippen molar-refractivity contribution in [2.75, 3.05) is 26.7 Å². The van der Waals surface area contributed by atoms with Gasteiger partial charge in [-0.2, -0.15) is 0 Å². The topological polar surface area (TPSA) is 15.3 Å². The fraction of sp³-hybridized carbons (Fsp3) is 0.600. The van der Waals surface area contributed by atoms with E-state index < -0.39 is 0 Å². The van der Waals surface area contributed by atoms with Crippen molar-refractivity contribution in [1.29, 1.82) is 0 Å². The second-order valence-corrected chi connectivity index (χ2v) is 5.56. The van der Waals surface area contributed by atoms with Gasteiger partial charge in [0.15, 0.2) is 0 Å². The standard InChI is InChI=1S/C15H27BrN2/c1-5-7-12-18(4)13-11-17-14(3)9-8-10-15(16)6-2/h6,8-10,15,17H,2,5,7,11-13H2,1,3-4H3/b10-8?,14-9+. The molecule has 0 bridgehead atoms. The van der Waals surface area contributed by atoms with E-state index in [1.54, 1.807) is 0 Å². The van der Waals surface area contributed by atoms with Crippen LogP contribution in [0.5, 0.6) is 0 Å². The maximum atomic E-state index is 3.71. The largest absolute Gasteiger partial charge is 0.387 e. The van der Waals surface area contributed by atoms with Crippen molar-refractivity contribution in [2.24, 2.45) is 0 Å². The maximum absolute atomic E-state index is 3.71. The smallest absolute Gasteiger partial charge is 0.0506 e. The number of unbranched alkanes of at least 4 members (excludes halogenated alkanes) is 1. The van der Waals surface area contributed by atoms with E-state index in [9.17, 15) is 0 Å². The molecule has 0 aromatic carbocycles. The molecule has 0 fully saturated rings. The van der Waals surface area contributed by atoms with Gasteiger partial charge in [0.1, 0.15) is 0 Å². The van der Waals surface area contributed by atoms with Crippen LogP contribution in [0.1, 0.15) is 26.7 Å². The molecule has 0 radical (unpaired) electrons. The molecule has 0 rings (SSSR count). The van der Waals surface area contributed by atoms with Gasteiger partial charge in [0, 0.05) is 18.8 Å². The number of rotatable bonds is 10. The van der Waals surface area contributed by atoms with E-state index in [1.807, 2.05) is 12.2 Å². The zero-order valence-corrected chi connectivity index (χ0v) is 13.5. The van der Waals surface area contributed by atoms with Gasteiger partial charge in [-0.1, -0.05) is 47.5 Å². The number of alkyl halides is 1. The lowest BCUT2D eigenvalue weighted by atomic mass is 10.3. The number of likely N-dealkylation sites (N-methyl/N-ethyl adjacent to an activating group) is 1. The normalized spacial score (nSPS) is 14.2. The first-order valence-electron chi connectivity index (χ1n) is 6.64. The Kier molecular flexibility index (Phi) is 11.2. The van der Waals surface area contributed by atoms with E-state index in [0.29, 0.717) is 0 Å². The van der Waals surface area contributed by atoms with Gasteiger partial charge in [-0.15, -0.1) is 6.58 Å². The van der Waals surface area contributed by atoms with Gasteiger partial charge in [0.25, 0.3) is 0 Å². The lowest BCUT2D eigenvalue weighted by Crippen LogP contribution is -2.29. The molecule has 0 aromatic heterocycles. The fourth-order valence-electron chi connectivity index (χ4n) is 1.43. The summed E-state index contributed by atoms with van der Waals surface area (Å²) in [6.07, 6.45) is 10.6. The molecule has 2 nitrogen and oxygen atoms in total. The molecule has 3 heteroatoms. The van der Waals surface area contributed by atoms with Crippen molar-refractivity contribution < 1.29 is 0 Å². The maximum Gasteiger partial charge on any atom is 0.0506 e. The third kappa shape index (κ3) is 10.6. The van der Waals surface area contributed by atoms with Crippen LogP contribution in [0.25, 0.3) is 0 Å². The zero-order valence-electron chi connectivity index (χ0n) is 12.0. The number of nitrogens with zero attached hydrogens (tertiary/aromatic N) is 1. The Bertz CT molecular complexity index is 272. The number of halogens is 1. The molecule has 0 heterocycles. The second-order valence-electron chi connectivity index (χ2n) is 4.50. The Morgan fingerprint density at radius 2 is 2.17 bits per heavy atom. The highest BCUT2D eigenvalue weighted by molar-refractivity contribution is 9.09. The fourth-order valence-corrected chi connectivity index (χ4v) is 1.60. The molecule has 1 unspecified atom stereocenters. The lowest BCUT2D eigenvalue weighted by Gasteiger charge is -2.16. The van der Waals surface area contributed by atoms with Crippen LogP contribution >= 0.6 is 15.9 Å². The molecule has 0 aromatic rings. The number of nitrogens with one attached hydrogen (secondary N) is 1. The molecule has 0 spiro atoms. The van der Waals surface area contributed by atoms with Crippen LogP contribution in [0.4, 0.5) is 0 Å². The summed E-state index contributed by atoms with van der Waals surface area (Å²) in [5.41, 5.74) is 1.19. The Hall–Kier alpha value is -0.540. The highest BCUT2D eigenvalue weighted by Crippen LogP contribution is 2.02. The van der Waals surface area contributed by atoms with E-state index >= 15 is 0 Å². The molecule has 18 heavy (non-hydrogen) atoms. The zero-order chi connectivity index (χ0) is 13.8. The highest BCUT2D eigenvalue weighted by atomic mass is 79.9. The van der Waals surface area contributed by atoms with Crippen LogP contribution in [0.15, 0.2) is 36.6 Å². The van der Waals surface area contributed by atoms with Gasteiger partial charge in [0.05, 0.1) is 4.83 Å². The monoisotopic (exact) mass is 314 g/mol. The lowest BCUT2D eigenvalue weighted by molar-refractivity contribution is 0.330. The van der Waals surface area contributed by atoms with Crippen molar-refractivity contribution in [2.45, 2.75) is 31.5 Å². The van der Waals surface area contributed by atoms with Gasteiger partial charge in [-0.05, 0) is 33.0 Å². The summed E-state index contributed by atoms with van der Waals surface area (Å²) in [7, 11) is 2.18. The quantitative estimate of drug-likeness (QED) is 0.375. The summed E-state index contributed by atoms with van der Waals surface area (Å²) in [6, 6.07) is 0. The highest BCUT2D eigenvalue weighted by Gasteiger charge is 1.96. The van der Waals surface area contributed by atoms with Gasteiger partial charge in [-0.3, -0.25) is 0 Å². The summed E-state index contributed by atoms with van der Waals surface area (Å²) < 4.78 is 0. The van der Waals surface area contributed by atoms with Gasteiger partial charge in [0.2, 0.25) is 0 Å². The van der Waals surface area contributed by atoms with Crippen LogP contribution in [-0.2, 0) is 0 Å². The van der Waals surface area contributed by atoms with Gasteiger partial charge >= 0.3 is 0 Å².